The van der Waals surface area contributed by atoms with Crippen molar-refractivity contribution in [1.29, 1.82) is 0 Å². The quantitative estimate of drug-likeness (QED) is 0.508. The molecule has 184 valence electrons. The topological polar surface area (TPSA) is 112 Å². The summed E-state index contributed by atoms with van der Waals surface area (Å²) in [4.78, 5) is 50.3. The van der Waals surface area contributed by atoms with Crippen LogP contribution in [0.1, 0.15) is 51.6 Å². The summed E-state index contributed by atoms with van der Waals surface area (Å²) in [5, 5.41) is 2.32. The smallest absolute Gasteiger partial charge is 0.410 e. The van der Waals surface area contributed by atoms with Crippen LogP contribution in [-0.4, -0.2) is 63.3 Å². The fourth-order valence-corrected chi connectivity index (χ4v) is 4.34. The van der Waals surface area contributed by atoms with Gasteiger partial charge in [-0.2, -0.15) is 0 Å². The molecule has 2 aromatic rings. The number of likely N-dealkylation sites (tertiary alicyclic amines) is 1. The second-order valence-corrected chi connectivity index (χ2v) is 9.98. The molecular formula is C24H32N4O6. The molecule has 0 saturated carbocycles. The number of imidazole rings is 1. The monoisotopic (exact) mass is 472 g/mol. The fraction of sp³-hybridized carbons (Fsp3) is 0.583. The van der Waals surface area contributed by atoms with Crippen LogP contribution in [0.15, 0.2) is 23.0 Å². The largest absolute Gasteiger partial charge is 0.444 e. The predicted octanol–water partition coefficient (Wildman–Crippen LogP) is 1.89. The molecule has 0 spiro atoms. The number of ether oxygens (including phenoxy) is 2. The van der Waals surface area contributed by atoms with E-state index in [0.717, 1.165) is 23.9 Å². The lowest BCUT2D eigenvalue weighted by Crippen LogP contribution is -2.55. The van der Waals surface area contributed by atoms with Gasteiger partial charge in [0.25, 0.3) is 0 Å². The average molecular weight is 473 g/mol. The van der Waals surface area contributed by atoms with Crippen LogP contribution in [0.2, 0.25) is 0 Å². The minimum absolute atomic E-state index is 0.0263. The summed E-state index contributed by atoms with van der Waals surface area (Å²) in [5.74, 6) is -0.744. The molecule has 1 atom stereocenters. The third kappa shape index (κ3) is 5.01. The van der Waals surface area contributed by atoms with Crippen LogP contribution in [-0.2, 0) is 32.5 Å². The van der Waals surface area contributed by atoms with Crippen molar-refractivity contribution in [2.45, 2.75) is 64.2 Å². The van der Waals surface area contributed by atoms with E-state index in [4.69, 9.17) is 9.47 Å². The van der Waals surface area contributed by atoms with Crippen molar-refractivity contribution >= 4 is 28.9 Å². The Hall–Kier alpha value is -3.14. The van der Waals surface area contributed by atoms with Crippen LogP contribution in [0.4, 0.5) is 4.79 Å². The van der Waals surface area contributed by atoms with Crippen molar-refractivity contribution in [2.75, 3.05) is 19.7 Å². The molecule has 0 radical (unpaired) electrons. The maximum Gasteiger partial charge on any atom is 0.410 e. The fourth-order valence-electron chi connectivity index (χ4n) is 4.34. The van der Waals surface area contributed by atoms with Gasteiger partial charge in [0.2, 0.25) is 11.8 Å². The van der Waals surface area contributed by atoms with Crippen LogP contribution in [0.3, 0.4) is 0 Å². The first-order chi connectivity index (χ1) is 16.0. The number of amides is 3. The van der Waals surface area contributed by atoms with Gasteiger partial charge >= 0.3 is 11.8 Å². The van der Waals surface area contributed by atoms with E-state index in [2.05, 4.69) is 5.32 Å². The van der Waals surface area contributed by atoms with Crippen molar-refractivity contribution in [3.8, 4) is 0 Å². The number of aryl methyl sites for hydroxylation is 2. The molecule has 10 nitrogen and oxygen atoms in total. The number of benzene rings is 1. The van der Waals surface area contributed by atoms with Crippen molar-refractivity contribution in [1.82, 2.24) is 19.4 Å². The zero-order valence-corrected chi connectivity index (χ0v) is 20.1. The van der Waals surface area contributed by atoms with Gasteiger partial charge in [-0.3, -0.25) is 24.0 Å². The Bertz CT molecular complexity index is 1170. The van der Waals surface area contributed by atoms with Gasteiger partial charge in [-0.05, 0) is 57.7 Å². The van der Waals surface area contributed by atoms with E-state index in [-0.39, 0.29) is 30.2 Å². The molecule has 4 rings (SSSR count). The number of carbonyl (C=O) groups excluding carboxylic acids is 3. The minimum Gasteiger partial charge on any atom is -0.444 e. The van der Waals surface area contributed by atoms with E-state index in [0.29, 0.717) is 31.6 Å². The van der Waals surface area contributed by atoms with Gasteiger partial charge in [0.1, 0.15) is 11.6 Å². The summed E-state index contributed by atoms with van der Waals surface area (Å²) < 4.78 is 14.2. The Balaban J connectivity index is 1.31. The van der Waals surface area contributed by atoms with Gasteiger partial charge in [0.15, 0.2) is 0 Å². The molecule has 0 bridgehead atoms. The molecule has 0 aliphatic carbocycles. The highest BCUT2D eigenvalue weighted by Crippen LogP contribution is 2.24. The Morgan fingerprint density at radius 3 is 2.56 bits per heavy atom. The molecule has 1 aromatic heterocycles. The normalized spacial score (nSPS) is 19.3. The van der Waals surface area contributed by atoms with E-state index >= 15 is 0 Å². The maximum atomic E-state index is 12.9. The van der Waals surface area contributed by atoms with E-state index < -0.39 is 17.6 Å². The number of hydrogen-bond acceptors (Lipinski definition) is 6. The third-order valence-corrected chi connectivity index (χ3v) is 6.14. The van der Waals surface area contributed by atoms with Crippen molar-refractivity contribution in [2.24, 2.45) is 7.05 Å². The van der Waals surface area contributed by atoms with E-state index in [1.54, 1.807) is 16.5 Å². The Morgan fingerprint density at radius 2 is 1.88 bits per heavy atom. The molecule has 2 aliphatic rings. The SMILES string of the molecule is Cn1c(=O)n(C2CCC(=O)NC2=O)c2ccc(CCCOC3CN(C(=O)OC(C)(C)C)C3)cc21. The highest BCUT2D eigenvalue weighted by molar-refractivity contribution is 6.00. The molecular weight excluding hydrogens is 440 g/mol. The van der Waals surface area contributed by atoms with Gasteiger partial charge < -0.3 is 14.4 Å². The lowest BCUT2D eigenvalue weighted by molar-refractivity contribution is -0.135. The van der Waals surface area contributed by atoms with Crippen molar-refractivity contribution in [3.05, 3.63) is 34.2 Å². The first-order valence-electron chi connectivity index (χ1n) is 11.7. The van der Waals surface area contributed by atoms with Crippen LogP contribution in [0, 0.1) is 0 Å². The highest BCUT2D eigenvalue weighted by Gasteiger charge is 2.34. The number of carbonyl (C=O) groups is 3. The molecule has 1 aromatic carbocycles. The molecule has 3 heterocycles. The first kappa shape index (κ1) is 24.0. The summed E-state index contributed by atoms with van der Waals surface area (Å²) in [7, 11) is 1.69. The van der Waals surface area contributed by atoms with Crippen LogP contribution >= 0.6 is 0 Å². The molecule has 2 fully saturated rings. The standard InChI is InChI=1S/C24H32N4O6/c1-24(2,3)34-23(32)27-13-16(14-27)33-11-5-6-15-7-8-17-19(12-15)26(4)22(31)28(17)18-9-10-20(29)25-21(18)30/h7-8,12,16,18H,5-6,9-11,13-14H2,1-4H3,(H,25,29,30). The van der Waals surface area contributed by atoms with Crippen molar-refractivity contribution in [3.63, 3.8) is 0 Å². The zero-order valence-electron chi connectivity index (χ0n) is 20.1. The summed E-state index contributed by atoms with van der Waals surface area (Å²) in [6.45, 7) is 7.18. The lowest BCUT2D eigenvalue weighted by atomic mass is 10.1. The van der Waals surface area contributed by atoms with E-state index in [9.17, 15) is 19.2 Å². The summed E-state index contributed by atoms with van der Waals surface area (Å²) in [5.41, 5.74) is 1.72. The Kier molecular flexibility index (Phi) is 6.53. The van der Waals surface area contributed by atoms with E-state index in [1.807, 2.05) is 39.0 Å². The Labute approximate surface area is 197 Å². The van der Waals surface area contributed by atoms with Crippen molar-refractivity contribution < 1.29 is 23.9 Å². The number of fused-ring (bicyclic) bond motifs is 1. The molecule has 1 N–H and O–H groups in total. The number of hydrogen-bond donors (Lipinski definition) is 1. The summed E-state index contributed by atoms with van der Waals surface area (Å²) in [6, 6.07) is 5.10. The second kappa shape index (κ2) is 9.25. The molecule has 34 heavy (non-hydrogen) atoms. The Morgan fingerprint density at radius 1 is 1.15 bits per heavy atom. The summed E-state index contributed by atoms with van der Waals surface area (Å²) >= 11 is 0. The third-order valence-electron chi connectivity index (χ3n) is 6.14. The van der Waals surface area contributed by atoms with Crippen LogP contribution < -0.4 is 11.0 Å². The average Bonchev–Trinajstić information content (AvgIpc) is 2.95. The summed E-state index contributed by atoms with van der Waals surface area (Å²) in [6.07, 6.45) is 1.82. The molecule has 3 amide bonds. The van der Waals surface area contributed by atoms with Gasteiger partial charge in [-0.1, -0.05) is 6.07 Å². The minimum atomic E-state index is -0.684. The lowest BCUT2D eigenvalue weighted by Gasteiger charge is -2.39. The number of piperidine rings is 1. The van der Waals surface area contributed by atoms with Gasteiger partial charge in [0, 0.05) is 20.1 Å². The van der Waals surface area contributed by atoms with Gasteiger partial charge in [-0.25, -0.2) is 9.59 Å². The number of imide groups is 1. The van der Waals surface area contributed by atoms with Crippen LogP contribution in [0.5, 0.6) is 0 Å². The van der Waals surface area contributed by atoms with E-state index in [1.165, 1.54) is 4.57 Å². The van der Waals surface area contributed by atoms with Gasteiger partial charge in [-0.15, -0.1) is 0 Å². The molecule has 2 saturated heterocycles. The zero-order chi connectivity index (χ0) is 24.6. The predicted molar refractivity (Wildman–Crippen MR) is 124 cm³/mol. The first-order valence-corrected chi connectivity index (χ1v) is 11.7. The number of rotatable bonds is 6. The molecule has 2 aliphatic heterocycles. The second-order valence-electron chi connectivity index (χ2n) is 9.98. The van der Waals surface area contributed by atoms with Gasteiger partial charge in [0.05, 0.1) is 30.2 Å². The number of aromatic nitrogens is 2. The van der Waals surface area contributed by atoms with Crippen LogP contribution in [0.25, 0.3) is 11.0 Å². The number of nitrogens with zero attached hydrogens (tertiary/aromatic N) is 3. The molecule has 1 unspecified atom stereocenters. The molecule has 10 heteroatoms. The number of nitrogens with one attached hydrogen (secondary N) is 1. The maximum absolute atomic E-state index is 12.9. The highest BCUT2D eigenvalue weighted by atomic mass is 16.6.